The molecule has 0 radical (unpaired) electrons. The van der Waals surface area contributed by atoms with Crippen LogP contribution in [-0.2, 0) is 13.0 Å². The molecule has 0 saturated carbocycles. The third kappa shape index (κ3) is 2.51. The fourth-order valence-electron chi connectivity index (χ4n) is 3.42. The Morgan fingerprint density at radius 3 is 2.35 bits per heavy atom. The minimum absolute atomic E-state index is 0.683. The van der Waals surface area contributed by atoms with E-state index in [-0.39, 0.29) is 0 Å². The van der Waals surface area contributed by atoms with Gasteiger partial charge >= 0.3 is 0 Å². The van der Waals surface area contributed by atoms with Crippen LogP contribution in [0.15, 0.2) is 72.9 Å². The zero-order chi connectivity index (χ0) is 15.6. The van der Waals surface area contributed by atoms with E-state index < -0.39 is 0 Å². The Morgan fingerprint density at radius 2 is 1.48 bits per heavy atom. The second kappa shape index (κ2) is 5.90. The molecule has 3 aromatic carbocycles. The monoisotopic (exact) mass is 300 g/mol. The van der Waals surface area contributed by atoms with Crippen LogP contribution in [0.1, 0.15) is 11.1 Å². The molecule has 2 N–H and O–H groups in total. The normalized spacial score (nSPS) is 11.3. The number of hydrogen-bond acceptors (Lipinski definition) is 1. The van der Waals surface area contributed by atoms with Crippen LogP contribution >= 0.6 is 0 Å². The van der Waals surface area contributed by atoms with Crippen LogP contribution in [0.5, 0.6) is 0 Å². The molecular formula is C21H20N2. The van der Waals surface area contributed by atoms with Gasteiger partial charge in [-0.2, -0.15) is 0 Å². The highest BCUT2D eigenvalue weighted by Gasteiger charge is 2.09. The number of benzene rings is 3. The first-order chi connectivity index (χ1) is 11.4. The molecule has 0 spiro atoms. The van der Waals surface area contributed by atoms with Gasteiger partial charge in [0.25, 0.3) is 0 Å². The van der Waals surface area contributed by atoms with E-state index in [9.17, 15) is 0 Å². The van der Waals surface area contributed by atoms with Gasteiger partial charge in [-0.3, -0.25) is 0 Å². The quantitative estimate of drug-likeness (QED) is 0.597. The van der Waals surface area contributed by atoms with Gasteiger partial charge in [0.15, 0.2) is 0 Å². The van der Waals surface area contributed by atoms with Crippen LogP contribution in [0.25, 0.3) is 21.7 Å². The van der Waals surface area contributed by atoms with Crippen molar-refractivity contribution in [2.24, 2.45) is 5.73 Å². The lowest BCUT2D eigenvalue weighted by atomic mass is 10.0. The highest BCUT2D eigenvalue weighted by molar-refractivity contribution is 5.87. The number of aromatic nitrogens is 1. The molecule has 114 valence electrons. The summed E-state index contributed by atoms with van der Waals surface area (Å²) in [7, 11) is 0. The number of fused-ring (bicyclic) bond motifs is 2. The van der Waals surface area contributed by atoms with Gasteiger partial charge in [0.1, 0.15) is 0 Å². The van der Waals surface area contributed by atoms with Crippen LogP contribution in [-0.4, -0.2) is 11.1 Å². The fourth-order valence-corrected chi connectivity index (χ4v) is 3.42. The molecule has 0 aliphatic carbocycles. The zero-order valence-electron chi connectivity index (χ0n) is 13.1. The van der Waals surface area contributed by atoms with Gasteiger partial charge in [-0.05, 0) is 40.9 Å². The first-order valence-electron chi connectivity index (χ1n) is 8.10. The Kier molecular flexibility index (Phi) is 3.60. The van der Waals surface area contributed by atoms with Crippen molar-refractivity contribution in [2.45, 2.75) is 13.0 Å². The van der Waals surface area contributed by atoms with E-state index in [4.69, 9.17) is 5.73 Å². The Labute approximate surface area is 136 Å². The first-order valence-corrected chi connectivity index (χ1v) is 8.10. The van der Waals surface area contributed by atoms with Gasteiger partial charge in [0.2, 0.25) is 0 Å². The zero-order valence-corrected chi connectivity index (χ0v) is 13.1. The van der Waals surface area contributed by atoms with Gasteiger partial charge in [0.05, 0.1) is 0 Å². The summed E-state index contributed by atoms with van der Waals surface area (Å²) in [6, 6.07) is 23.7. The van der Waals surface area contributed by atoms with E-state index in [1.165, 1.54) is 32.8 Å². The van der Waals surface area contributed by atoms with Crippen molar-refractivity contribution >= 4 is 21.7 Å². The molecule has 0 fully saturated rings. The molecule has 0 aliphatic heterocycles. The van der Waals surface area contributed by atoms with Crippen molar-refractivity contribution in [3.05, 3.63) is 84.1 Å². The summed E-state index contributed by atoms with van der Waals surface area (Å²) >= 11 is 0. The van der Waals surface area contributed by atoms with Gasteiger partial charge in [0, 0.05) is 23.6 Å². The van der Waals surface area contributed by atoms with Gasteiger partial charge in [-0.15, -0.1) is 0 Å². The minimum Gasteiger partial charge on any atom is -0.343 e. The molecule has 2 heteroatoms. The second-order valence-electron chi connectivity index (χ2n) is 5.98. The maximum absolute atomic E-state index is 5.78. The summed E-state index contributed by atoms with van der Waals surface area (Å²) in [6.45, 7) is 1.56. The fraction of sp³-hybridized carbons (Fsp3) is 0.143. The van der Waals surface area contributed by atoms with Crippen LogP contribution in [0.2, 0.25) is 0 Å². The van der Waals surface area contributed by atoms with E-state index in [1.54, 1.807) is 0 Å². The summed E-state index contributed by atoms with van der Waals surface area (Å²) in [5, 5.41) is 3.94. The van der Waals surface area contributed by atoms with E-state index in [0.29, 0.717) is 6.54 Å². The lowest BCUT2D eigenvalue weighted by Crippen LogP contribution is -2.02. The highest BCUT2D eigenvalue weighted by Crippen LogP contribution is 2.25. The molecule has 4 rings (SSSR count). The molecule has 0 amide bonds. The second-order valence-corrected chi connectivity index (χ2v) is 5.98. The summed E-state index contributed by atoms with van der Waals surface area (Å²) in [4.78, 5) is 0. The van der Waals surface area contributed by atoms with E-state index in [2.05, 4.69) is 77.5 Å². The van der Waals surface area contributed by atoms with Crippen molar-refractivity contribution in [1.82, 2.24) is 4.57 Å². The smallest absolute Gasteiger partial charge is 0.0486 e. The van der Waals surface area contributed by atoms with Crippen LogP contribution in [0.3, 0.4) is 0 Å². The van der Waals surface area contributed by atoms with Crippen LogP contribution in [0.4, 0.5) is 0 Å². The minimum atomic E-state index is 0.683. The average molecular weight is 300 g/mol. The molecule has 0 unspecified atom stereocenters. The largest absolute Gasteiger partial charge is 0.343 e. The Balaban J connectivity index is 1.83. The third-order valence-corrected chi connectivity index (χ3v) is 4.51. The molecular weight excluding hydrogens is 280 g/mol. The SMILES string of the molecule is NCCc1cn(Cc2cccc3ccccc23)c2ccccc12. The van der Waals surface area contributed by atoms with E-state index in [1.807, 2.05) is 0 Å². The van der Waals surface area contributed by atoms with Crippen molar-refractivity contribution in [1.29, 1.82) is 0 Å². The summed E-state index contributed by atoms with van der Waals surface area (Å²) < 4.78 is 2.35. The molecule has 1 aromatic heterocycles. The maximum Gasteiger partial charge on any atom is 0.0486 e. The molecule has 0 aliphatic rings. The summed E-state index contributed by atoms with van der Waals surface area (Å²) in [5.41, 5.74) is 9.75. The number of para-hydroxylation sites is 1. The Hall–Kier alpha value is -2.58. The number of nitrogens with zero attached hydrogens (tertiary/aromatic N) is 1. The highest BCUT2D eigenvalue weighted by atomic mass is 15.0. The predicted octanol–water partition coefficient (Wildman–Crippen LogP) is 4.34. The number of hydrogen-bond donors (Lipinski definition) is 1. The van der Waals surface area contributed by atoms with Crippen molar-refractivity contribution in [2.75, 3.05) is 6.54 Å². The van der Waals surface area contributed by atoms with Crippen LogP contribution in [0, 0.1) is 0 Å². The molecule has 23 heavy (non-hydrogen) atoms. The average Bonchev–Trinajstić information content (AvgIpc) is 2.94. The lowest BCUT2D eigenvalue weighted by Gasteiger charge is -2.09. The van der Waals surface area contributed by atoms with Crippen LogP contribution < -0.4 is 5.73 Å². The standard InChI is InChI=1S/C21H20N2/c22-13-12-18-15-23(21-11-4-3-10-20(18)21)14-17-8-5-7-16-6-1-2-9-19(16)17/h1-11,15H,12-14,22H2. The first kappa shape index (κ1) is 14.0. The molecule has 4 aromatic rings. The predicted molar refractivity (Wildman–Crippen MR) is 97.7 cm³/mol. The van der Waals surface area contributed by atoms with E-state index >= 15 is 0 Å². The van der Waals surface area contributed by atoms with Gasteiger partial charge < -0.3 is 10.3 Å². The molecule has 1 heterocycles. The number of rotatable bonds is 4. The third-order valence-electron chi connectivity index (χ3n) is 4.51. The molecule has 2 nitrogen and oxygen atoms in total. The summed E-state index contributed by atoms with van der Waals surface area (Å²) in [5.74, 6) is 0. The van der Waals surface area contributed by atoms with E-state index in [0.717, 1.165) is 13.0 Å². The van der Waals surface area contributed by atoms with Crippen molar-refractivity contribution in [3.8, 4) is 0 Å². The summed E-state index contributed by atoms with van der Waals surface area (Å²) in [6.07, 6.45) is 3.18. The maximum atomic E-state index is 5.78. The Bertz CT molecular complexity index is 961. The molecule has 0 atom stereocenters. The van der Waals surface area contributed by atoms with Gasteiger partial charge in [-0.25, -0.2) is 0 Å². The molecule has 0 bridgehead atoms. The Morgan fingerprint density at radius 1 is 0.739 bits per heavy atom. The van der Waals surface area contributed by atoms with Gasteiger partial charge in [-0.1, -0.05) is 60.7 Å². The van der Waals surface area contributed by atoms with Crippen molar-refractivity contribution in [3.63, 3.8) is 0 Å². The molecule has 0 saturated heterocycles. The van der Waals surface area contributed by atoms with Crippen molar-refractivity contribution < 1.29 is 0 Å². The lowest BCUT2D eigenvalue weighted by molar-refractivity contribution is 0.833. The number of nitrogens with two attached hydrogens (primary N) is 1. The topological polar surface area (TPSA) is 30.9 Å².